The van der Waals surface area contributed by atoms with Crippen LogP contribution in [0.25, 0.3) is 0 Å². The van der Waals surface area contributed by atoms with Crippen LogP contribution in [0.1, 0.15) is 17.5 Å². The maximum absolute atomic E-state index is 12.3. The lowest BCUT2D eigenvalue weighted by Crippen LogP contribution is -2.19. The summed E-state index contributed by atoms with van der Waals surface area (Å²) in [6, 6.07) is 11.0. The molecule has 0 saturated carbocycles. The van der Waals surface area contributed by atoms with E-state index >= 15 is 0 Å². The van der Waals surface area contributed by atoms with Crippen LogP contribution in [-0.4, -0.2) is 32.0 Å². The minimum absolute atomic E-state index is 0.0602. The third-order valence-corrected chi connectivity index (χ3v) is 5.97. The molecule has 0 unspecified atom stereocenters. The zero-order valence-corrected chi connectivity index (χ0v) is 18.1. The maximum atomic E-state index is 12.3. The van der Waals surface area contributed by atoms with E-state index in [0.717, 1.165) is 35.3 Å². The number of nitrogens with zero attached hydrogens (tertiary/aromatic N) is 2. The molecule has 31 heavy (non-hydrogen) atoms. The summed E-state index contributed by atoms with van der Waals surface area (Å²) >= 11 is 0. The first-order chi connectivity index (χ1) is 14.8. The summed E-state index contributed by atoms with van der Waals surface area (Å²) in [5.41, 5.74) is 4.06. The number of nitrogens with two attached hydrogens (primary N) is 1. The molecular weight excluding hydrogens is 416 g/mol. The molecular formula is C21H24N6O3S. The van der Waals surface area contributed by atoms with Crippen molar-refractivity contribution in [1.29, 1.82) is 0 Å². The van der Waals surface area contributed by atoms with Crippen LogP contribution in [0, 0.1) is 6.92 Å². The molecule has 0 atom stereocenters. The van der Waals surface area contributed by atoms with Crippen molar-refractivity contribution >= 4 is 38.9 Å². The molecule has 0 radical (unpaired) electrons. The third-order valence-electron chi connectivity index (χ3n) is 5.00. The number of nitrogens with one attached hydrogen (secondary N) is 3. The highest BCUT2D eigenvalue weighted by molar-refractivity contribution is 7.89. The topological polar surface area (TPSA) is 131 Å². The Hall–Kier alpha value is -3.37. The van der Waals surface area contributed by atoms with Crippen LogP contribution in [0.4, 0.5) is 28.8 Å². The summed E-state index contributed by atoms with van der Waals surface area (Å²) in [6.07, 6.45) is 3.15. The van der Waals surface area contributed by atoms with Crippen molar-refractivity contribution in [2.45, 2.75) is 24.7 Å². The normalized spacial score (nSPS) is 13.1. The number of hydrogen-bond acceptors (Lipinski definition) is 8. The molecule has 0 aliphatic carbocycles. The smallest absolute Gasteiger partial charge is 0.243 e. The van der Waals surface area contributed by atoms with Crippen molar-refractivity contribution in [2.24, 2.45) is 5.14 Å². The Morgan fingerprint density at radius 2 is 1.94 bits per heavy atom. The highest BCUT2D eigenvalue weighted by Gasteiger charge is 2.26. The average molecular weight is 441 g/mol. The van der Waals surface area contributed by atoms with Gasteiger partial charge < -0.3 is 20.7 Å². The van der Waals surface area contributed by atoms with Crippen LogP contribution in [-0.2, 0) is 16.4 Å². The fraction of sp³-hybridized carbons (Fsp3) is 0.238. The summed E-state index contributed by atoms with van der Waals surface area (Å²) in [5.74, 6) is 1.09. The molecule has 0 fully saturated rings. The van der Waals surface area contributed by atoms with Crippen molar-refractivity contribution in [3.63, 3.8) is 0 Å². The Labute approximate surface area is 181 Å². The SMILES string of the molecule is CNc1cc(Nc2nccc(Nc3ccc4c(c3S(N)(=O)=O)OCCC4)n2)ccc1C. The van der Waals surface area contributed by atoms with Crippen LogP contribution in [0.5, 0.6) is 5.75 Å². The van der Waals surface area contributed by atoms with Gasteiger partial charge in [-0.3, -0.25) is 0 Å². The molecule has 3 aromatic rings. The first-order valence-corrected chi connectivity index (χ1v) is 11.4. The van der Waals surface area contributed by atoms with Crippen LogP contribution in [0.15, 0.2) is 47.5 Å². The molecule has 1 aliphatic heterocycles. The molecule has 10 heteroatoms. The minimum Gasteiger partial charge on any atom is -0.492 e. The van der Waals surface area contributed by atoms with E-state index in [9.17, 15) is 8.42 Å². The van der Waals surface area contributed by atoms with Gasteiger partial charge in [0.25, 0.3) is 0 Å². The van der Waals surface area contributed by atoms with Crippen LogP contribution < -0.4 is 25.8 Å². The maximum Gasteiger partial charge on any atom is 0.243 e. The van der Waals surface area contributed by atoms with Crippen LogP contribution in [0.3, 0.4) is 0 Å². The molecule has 9 nitrogen and oxygen atoms in total. The number of aromatic nitrogens is 2. The lowest BCUT2D eigenvalue weighted by Gasteiger charge is -2.22. The summed E-state index contributed by atoms with van der Waals surface area (Å²) in [5, 5.41) is 14.8. The van der Waals surface area contributed by atoms with E-state index in [1.807, 2.05) is 38.2 Å². The first kappa shape index (κ1) is 20.9. The van der Waals surface area contributed by atoms with Gasteiger partial charge in [0, 0.05) is 24.6 Å². The van der Waals surface area contributed by atoms with Gasteiger partial charge in [0.1, 0.15) is 16.5 Å². The van der Waals surface area contributed by atoms with Crippen LogP contribution in [0.2, 0.25) is 0 Å². The largest absolute Gasteiger partial charge is 0.492 e. The van der Waals surface area contributed by atoms with E-state index in [-0.39, 0.29) is 4.90 Å². The molecule has 4 rings (SSSR count). The zero-order chi connectivity index (χ0) is 22.0. The van der Waals surface area contributed by atoms with E-state index < -0.39 is 10.0 Å². The van der Waals surface area contributed by atoms with E-state index in [1.54, 1.807) is 18.3 Å². The van der Waals surface area contributed by atoms with Crippen molar-refractivity contribution in [3.8, 4) is 5.75 Å². The fourth-order valence-corrected chi connectivity index (χ4v) is 4.38. The Bertz CT molecular complexity index is 1230. The van der Waals surface area contributed by atoms with Crippen molar-refractivity contribution < 1.29 is 13.2 Å². The molecule has 5 N–H and O–H groups in total. The zero-order valence-electron chi connectivity index (χ0n) is 17.3. The monoisotopic (exact) mass is 440 g/mol. The summed E-state index contributed by atoms with van der Waals surface area (Å²) in [4.78, 5) is 8.63. The number of benzene rings is 2. The lowest BCUT2D eigenvalue weighted by atomic mass is 10.1. The summed E-state index contributed by atoms with van der Waals surface area (Å²) in [6.45, 7) is 2.47. The second kappa shape index (κ2) is 8.40. The van der Waals surface area contributed by atoms with Gasteiger partial charge in [0.2, 0.25) is 16.0 Å². The second-order valence-corrected chi connectivity index (χ2v) is 8.72. The van der Waals surface area contributed by atoms with Crippen molar-refractivity contribution in [2.75, 3.05) is 29.6 Å². The standard InChI is InChI=1S/C21H24N6O3S/c1-13-5-7-15(12-17(13)23-2)25-21-24-10-9-18(27-21)26-16-8-6-14-4-3-11-30-19(14)20(16)31(22,28)29/h5-10,12,23H,3-4,11H2,1-2H3,(H2,22,28,29)(H2,24,25,26,27). The summed E-state index contributed by atoms with van der Waals surface area (Å²) < 4.78 is 30.3. The third kappa shape index (κ3) is 4.54. The van der Waals surface area contributed by atoms with Crippen molar-refractivity contribution in [1.82, 2.24) is 9.97 Å². The van der Waals surface area contributed by atoms with Gasteiger partial charge >= 0.3 is 0 Å². The molecule has 1 aliphatic rings. The van der Waals surface area contributed by atoms with Crippen LogP contribution >= 0.6 is 0 Å². The Morgan fingerprint density at radius 3 is 2.71 bits per heavy atom. The molecule has 0 spiro atoms. The highest BCUT2D eigenvalue weighted by Crippen LogP contribution is 2.38. The molecule has 2 aromatic carbocycles. The molecule has 0 saturated heterocycles. The van der Waals surface area contributed by atoms with E-state index in [1.165, 1.54) is 0 Å². The Balaban J connectivity index is 1.64. The number of primary sulfonamides is 1. The van der Waals surface area contributed by atoms with Gasteiger partial charge in [-0.05, 0) is 55.2 Å². The van der Waals surface area contributed by atoms with Gasteiger partial charge in [0.15, 0.2) is 0 Å². The predicted octanol–water partition coefficient (Wildman–Crippen LogP) is 3.29. The van der Waals surface area contributed by atoms with Gasteiger partial charge in [-0.1, -0.05) is 12.1 Å². The van der Waals surface area contributed by atoms with E-state index in [4.69, 9.17) is 9.88 Å². The number of ether oxygens (including phenoxy) is 1. The molecule has 2 heterocycles. The van der Waals surface area contributed by atoms with Gasteiger partial charge in [0.05, 0.1) is 12.3 Å². The molecule has 0 bridgehead atoms. The van der Waals surface area contributed by atoms with Crippen molar-refractivity contribution in [3.05, 3.63) is 53.7 Å². The highest BCUT2D eigenvalue weighted by atomic mass is 32.2. The number of anilines is 5. The van der Waals surface area contributed by atoms with E-state index in [2.05, 4.69) is 25.9 Å². The molecule has 0 amide bonds. The average Bonchev–Trinajstić information content (AvgIpc) is 2.74. The number of hydrogen-bond donors (Lipinski definition) is 4. The predicted molar refractivity (Wildman–Crippen MR) is 121 cm³/mol. The fourth-order valence-electron chi connectivity index (χ4n) is 3.50. The molecule has 162 valence electrons. The minimum atomic E-state index is -4.02. The Morgan fingerprint density at radius 1 is 1.10 bits per heavy atom. The Kier molecular flexibility index (Phi) is 5.66. The second-order valence-electron chi connectivity index (χ2n) is 7.22. The first-order valence-electron chi connectivity index (χ1n) is 9.82. The van der Waals surface area contributed by atoms with E-state index in [0.29, 0.717) is 29.8 Å². The lowest BCUT2D eigenvalue weighted by molar-refractivity contribution is 0.280. The van der Waals surface area contributed by atoms with Gasteiger partial charge in [-0.15, -0.1) is 0 Å². The number of rotatable bonds is 6. The number of fused-ring (bicyclic) bond motifs is 1. The van der Waals surface area contributed by atoms with Gasteiger partial charge in [-0.2, -0.15) is 4.98 Å². The number of sulfonamides is 1. The molecule has 1 aromatic heterocycles. The number of aryl methyl sites for hydroxylation is 2. The summed E-state index contributed by atoms with van der Waals surface area (Å²) in [7, 11) is -2.16. The quantitative estimate of drug-likeness (QED) is 0.459. The van der Waals surface area contributed by atoms with Gasteiger partial charge in [-0.25, -0.2) is 18.5 Å².